The first-order chi connectivity index (χ1) is 9.54. The van der Waals surface area contributed by atoms with Gasteiger partial charge in [0, 0.05) is 35.7 Å². The van der Waals surface area contributed by atoms with Gasteiger partial charge in [0.2, 0.25) is 0 Å². The smallest absolute Gasteiger partial charge is 0.262 e. The minimum Gasteiger partial charge on any atom is -0.279 e. The van der Waals surface area contributed by atoms with Gasteiger partial charge in [-0.2, -0.15) is 16.1 Å². The minimum absolute atomic E-state index is 0.0584. The van der Waals surface area contributed by atoms with Crippen molar-refractivity contribution in [2.24, 2.45) is 0 Å². The summed E-state index contributed by atoms with van der Waals surface area (Å²) >= 11 is 9.25. The third-order valence-electron chi connectivity index (χ3n) is 3.32. The molecule has 0 aliphatic carbocycles. The summed E-state index contributed by atoms with van der Waals surface area (Å²) in [6.07, 6.45) is 2.66. The Morgan fingerprint density at radius 2 is 2.35 bits per heavy atom. The fourth-order valence-electron chi connectivity index (χ4n) is 2.25. The van der Waals surface area contributed by atoms with Gasteiger partial charge in [-0.15, -0.1) is 11.3 Å². The number of thioether (sulfide) groups is 1. The van der Waals surface area contributed by atoms with Crippen molar-refractivity contribution in [2.45, 2.75) is 23.6 Å². The molecule has 0 radical (unpaired) electrons. The van der Waals surface area contributed by atoms with E-state index >= 15 is 0 Å². The lowest BCUT2D eigenvalue weighted by molar-refractivity contribution is 0.413. The van der Waals surface area contributed by atoms with Crippen LogP contribution in [-0.2, 0) is 10.0 Å². The number of thiazole rings is 1. The molecule has 3 heterocycles. The van der Waals surface area contributed by atoms with Crippen molar-refractivity contribution in [3.8, 4) is 0 Å². The zero-order valence-corrected chi connectivity index (χ0v) is 14.0. The molecule has 3 rings (SSSR count). The maximum atomic E-state index is 12.8. The van der Waals surface area contributed by atoms with Gasteiger partial charge in [-0.3, -0.25) is 4.40 Å². The van der Waals surface area contributed by atoms with E-state index in [4.69, 9.17) is 11.6 Å². The Hall–Kier alpha value is -0.280. The highest BCUT2D eigenvalue weighted by Crippen LogP contribution is 2.31. The number of nitrogens with zero attached hydrogens (tertiary/aromatic N) is 3. The zero-order chi connectivity index (χ0) is 14.3. The first-order valence-corrected chi connectivity index (χ1v) is 10.0. The van der Waals surface area contributed by atoms with E-state index in [2.05, 4.69) is 11.9 Å². The molecule has 1 fully saturated rings. The number of fused-ring (bicyclic) bond motifs is 1. The lowest BCUT2D eigenvalue weighted by Gasteiger charge is -2.30. The highest BCUT2D eigenvalue weighted by molar-refractivity contribution is 8.00. The Bertz CT molecular complexity index is 724. The number of imidazole rings is 1. The van der Waals surface area contributed by atoms with Crippen molar-refractivity contribution < 1.29 is 8.42 Å². The fourth-order valence-corrected chi connectivity index (χ4v) is 6.53. The van der Waals surface area contributed by atoms with E-state index in [0.717, 1.165) is 12.2 Å². The van der Waals surface area contributed by atoms with Gasteiger partial charge < -0.3 is 0 Å². The molecule has 9 heteroatoms. The van der Waals surface area contributed by atoms with Gasteiger partial charge in [-0.25, -0.2) is 13.4 Å². The topological polar surface area (TPSA) is 54.7 Å². The second kappa shape index (κ2) is 5.49. The Labute approximate surface area is 131 Å². The summed E-state index contributed by atoms with van der Waals surface area (Å²) in [5.41, 5.74) is 0. The Balaban J connectivity index is 2.03. The van der Waals surface area contributed by atoms with Crippen molar-refractivity contribution in [3.05, 3.63) is 16.7 Å². The summed E-state index contributed by atoms with van der Waals surface area (Å²) in [6, 6.07) is 0. The average molecular weight is 352 g/mol. The standard InChI is InChI=1S/C11H14ClN3O2S3/c1-2-8-7-14(3-5-18-8)20(16,17)10-9(12)13-11-15(10)4-6-19-11/h4,6,8H,2-3,5,7H2,1H3. The highest BCUT2D eigenvalue weighted by Gasteiger charge is 2.34. The van der Waals surface area contributed by atoms with Crippen LogP contribution in [0.15, 0.2) is 16.6 Å². The van der Waals surface area contributed by atoms with Crippen LogP contribution in [0.25, 0.3) is 4.96 Å². The molecule has 1 aliphatic rings. The molecular weight excluding hydrogens is 338 g/mol. The van der Waals surface area contributed by atoms with E-state index in [1.165, 1.54) is 15.6 Å². The van der Waals surface area contributed by atoms with Crippen LogP contribution in [0.1, 0.15) is 13.3 Å². The van der Waals surface area contributed by atoms with E-state index in [0.29, 0.717) is 23.3 Å². The summed E-state index contributed by atoms with van der Waals surface area (Å²) in [5.74, 6) is 0.820. The van der Waals surface area contributed by atoms with E-state index in [1.54, 1.807) is 16.0 Å². The summed E-state index contributed by atoms with van der Waals surface area (Å²) in [6.45, 7) is 3.14. The van der Waals surface area contributed by atoms with E-state index in [1.807, 2.05) is 11.8 Å². The van der Waals surface area contributed by atoms with Gasteiger partial charge in [0.05, 0.1) is 0 Å². The van der Waals surface area contributed by atoms with E-state index < -0.39 is 10.0 Å². The van der Waals surface area contributed by atoms with Gasteiger partial charge in [-0.05, 0) is 6.42 Å². The van der Waals surface area contributed by atoms with Gasteiger partial charge in [-0.1, -0.05) is 18.5 Å². The summed E-state index contributed by atoms with van der Waals surface area (Å²) in [5, 5.41) is 2.31. The summed E-state index contributed by atoms with van der Waals surface area (Å²) < 4.78 is 28.7. The summed E-state index contributed by atoms with van der Waals surface area (Å²) in [7, 11) is -3.59. The van der Waals surface area contributed by atoms with Crippen LogP contribution in [0.3, 0.4) is 0 Å². The Kier molecular flexibility index (Phi) is 4.02. The SMILES string of the molecule is CCC1CN(S(=O)(=O)c2c(Cl)nc3sccn23)CCS1. The molecule has 0 spiro atoms. The van der Waals surface area contributed by atoms with Crippen LogP contribution in [0.2, 0.25) is 5.15 Å². The number of sulfonamides is 1. The molecule has 1 atom stereocenters. The van der Waals surface area contributed by atoms with Gasteiger partial charge in [0.1, 0.15) is 0 Å². The number of aromatic nitrogens is 2. The maximum absolute atomic E-state index is 12.8. The second-order valence-electron chi connectivity index (χ2n) is 4.53. The van der Waals surface area contributed by atoms with E-state index in [-0.39, 0.29) is 10.2 Å². The molecule has 1 aliphatic heterocycles. The Morgan fingerprint density at radius 3 is 3.10 bits per heavy atom. The molecule has 0 amide bonds. The molecule has 5 nitrogen and oxygen atoms in total. The normalized spacial score (nSPS) is 21.6. The average Bonchev–Trinajstić information content (AvgIpc) is 2.98. The van der Waals surface area contributed by atoms with Crippen molar-refractivity contribution in [3.63, 3.8) is 0 Å². The lowest BCUT2D eigenvalue weighted by atomic mass is 10.3. The molecule has 0 saturated carbocycles. The molecule has 0 aromatic carbocycles. The van der Waals surface area contributed by atoms with E-state index in [9.17, 15) is 8.42 Å². The maximum Gasteiger partial charge on any atom is 0.262 e. The fraction of sp³-hybridized carbons (Fsp3) is 0.545. The van der Waals surface area contributed by atoms with Crippen LogP contribution in [0.5, 0.6) is 0 Å². The van der Waals surface area contributed by atoms with Gasteiger partial charge in [0.15, 0.2) is 15.1 Å². The number of halogens is 1. The van der Waals surface area contributed by atoms with Crippen molar-refractivity contribution in [2.75, 3.05) is 18.8 Å². The van der Waals surface area contributed by atoms with Crippen LogP contribution in [0.4, 0.5) is 0 Å². The molecule has 2 aromatic rings. The first kappa shape index (κ1) is 14.6. The quantitative estimate of drug-likeness (QED) is 0.852. The molecule has 1 unspecified atom stereocenters. The predicted octanol–water partition coefficient (Wildman–Crippen LogP) is 2.57. The monoisotopic (exact) mass is 351 g/mol. The molecule has 1 saturated heterocycles. The number of rotatable bonds is 3. The highest BCUT2D eigenvalue weighted by atomic mass is 35.5. The largest absolute Gasteiger partial charge is 0.279 e. The van der Waals surface area contributed by atoms with Crippen molar-refractivity contribution >= 4 is 49.7 Å². The number of hydrogen-bond acceptors (Lipinski definition) is 5. The molecule has 2 aromatic heterocycles. The molecule has 110 valence electrons. The Morgan fingerprint density at radius 1 is 1.55 bits per heavy atom. The molecule has 20 heavy (non-hydrogen) atoms. The van der Waals surface area contributed by atoms with Crippen LogP contribution >= 0.6 is 34.7 Å². The second-order valence-corrected chi connectivity index (χ2v) is 9.02. The van der Waals surface area contributed by atoms with Crippen molar-refractivity contribution in [1.82, 2.24) is 13.7 Å². The third-order valence-corrected chi connectivity index (χ3v) is 7.71. The lowest BCUT2D eigenvalue weighted by Crippen LogP contribution is -2.42. The first-order valence-electron chi connectivity index (χ1n) is 6.27. The summed E-state index contributed by atoms with van der Waals surface area (Å²) in [4.78, 5) is 4.71. The number of hydrogen-bond donors (Lipinski definition) is 0. The minimum atomic E-state index is -3.59. The van der Waals surface area contributed by atoms with Gasteiger partial charge >= 0.3 is 0 Å². The van der Waals surface area contributed by atoms with Crippen molar-refractivity contribution in [1.29, 1.82) is 0 Å². The molecular formula is C11H14ClN3O2S3. The molecule has 0 N–H and O–H groups in total. The third kappa shape index (κ3) is 2.37. The van der Waals surface area contributed by atoms with Crippen LogP contribution in [-0.4, -0.2) is 46.2 Å². The van der Waals surface area contributed by atoms with Gasteiger partial charge in [0.25, 0.3) is 10.0 Å². The van der Waals surface area contributed by atoms with Crippen LogP contribution in [0, 0.1) is 0 Å². The molecule has 0 bridgehead atoms. The van der Waals surface area contributed by atoms with Crippen LogP contribution < -0.4 is 0 Å². The zero-order valence-electron chi connectivity index (χ0n) is 10.8. The predicted molar refractivity (Wildman–Crippen MR) is 83.4 cm³/mol.